The number of alkyl halides is 2. The molecule has 174 valence electrons. The van der Waals surface area contributed by atoms with Gasteiger partial charge in [0, 0.05) is 6.54 Å². The number of Topliss-reactive ketones (excluding diaryl/α,β-unsaturated/α-hetero) is 1. The molecule has 1 aliphatic carbocycles. The first-order chi connectivity index (χ1) is 16.3. The summed E-state index contributed by atoms with van der Waals surface area (Å²) in [6.07, 6.45) is -4.39. The first-order valence-corrected chi connectivity index (χ1v) is 11.5. The Morgan fingerprint density at radius 3 is 2.03 bits per heavy atom. The first-order valence-electron chi connectivity index (χ1n) is 11.5. The highest BCUT2D eigenvalue weighted by atomic mass is 19.3. The Balaban J connectivity index is 1.65. The fourth-order valence-corrected chi connectivity index (χ4v) is 6.22. The Hall–Kier alpha value is -2.93. The molecule has 2 aliphatic heterocycles. The molecular weight excluding hydrogens is 436 g/mol. The smallest absolute Gasteiger partial charge is 0.297 e. The fraction of sp³-hybridized carbons (Fsp3) is 0.321. The number of hydrogen-bond donors (Lipinski definition) is 0. The summed E-state index contributed by atoms with van der Waals surface area (Å²) in [6, 6.07) is 24.7. The van der Waals surface area contributed by atoms with Gasteiger partial charge in [-0.25, -0.2) is 8.78 Å². The minimum atomic E-state index is -3.11. The fourth-order valence-electron chi connectivity index (χ4n) is 6.22. The Morgan fingerprint density at radius 2 is 1.44 bits per heavy atom. The maximum Gasteiger partial charge on any atom is 0.297 e. The number of carbonyl (C=O) groups is 1. The largest absolute Gasteiger partial charge is 0.343 e. The van der Waals surface area contributed by atoms with E-state index < -0.39 is 41.8 Å². The maximum atomic E-state index is 14.0. The molecule has 2 heterocycles. The van der Waals surface area contributed by atoms with Crippen LogP contribution in [0.5, 0.6) is 0 Å². The molecule has 0 unspecified atom stereocenters. The van der Waals surface area contributed by atoms with Gasteiger partial charge in [-0.3, -0.25) is 9.69 Å². The molecule has 0 amide bonds. The molecule has 3 aliphatic rings. The van der Waals surface area contributed by atoms with E-state index in [0.717, 1.165) is 27.8 Å². The summed E-state index contributed by atoms with van der Waals surface area (Å²) in [5, 5.41) is 0. The molecule has 2 fully saturated rings. The summed E-state index contributed by atoms with van der Waals surface area (Å²) < 4.78 is 40.3. The molecule has 0 bridgehead atoms. The van der Waals surface area contributed by atoms with Gasteiger partial charge in [0.2, 0.25) is 5.78 Å². The zero-order chi connectivity index (χ0) is 23.7. The van der Waals surface area contributed by atoms with Crippen LogP contribution < -0.4 is 0 Å². The number of benzene rings is 3. The summed E-state index contributed by atoms with van der Waals surface area (Å²) in [7, 11) is 0. The monoisotopic (exact) mass is 461 g/mol. The molecule has 0 saturated carbocycles. The predicted molar refractivity (Wildman–Crippen MR) is 124 cm³/mol. The summed E-state index contributed by atoms with van der Waals surface area (Å²) >= 11 is 0. The summed E-state index contributed by atoms with van der Waals surface area (Å²) in [4.78, 5) is 15.0. The lowest BCUT2D eigenvalue weighted by Gasteiger charge is -2.45. The highest BCUT2D eigenvalue weighted by Crippen LogP contribution is 2.57. The number of halogens is 2. The molecular formula is C28H25F2NO3. The second-order valence-electron chi connectivity index (χ2n) is 9.61. The molecule has 6 rings (SSSR count). The van der Waals surface area contributed by atoms with Gasteiger partial charge >= 0.3 is 0 Å². The Kier molecular flexibility index (Phi) is 4.79. The predicted octanol–water partition coefficient (Wildman–Crippen LogP) is 5.00. The third kappa shape index (κ3) is 2.89. The van der Waals surface area contributed by atoms with E-state index in [9.17, 15) is 13.6 Å². The first kappa shape index (κ1) is 21.6. The second kappa shape index (κ2) is 7.54. The summed E-state index contributed by atoms with van der Waals surface area (Å²) in [5.74, 6) is -2.07. The standard InChI is InChI=1S/C28H25F2NO3/c1-27(2)33-22-16-31(23(25(22)34-27)24(32)26(29)30)28(17-10-4-3-5-11-17)20-14-8-6-12-18(20)19-13-7-9-15-21(19)28/h3-15,22-23,25-26H,16H2,1-2H3/t22-,23-,25-/m1/s1. The van der Waals surface area contributed by atoms with Crippen molar-refractivity contribution in [2.75, 3.05) is 6.54 Å². The van der Waals surface area contributed by atoms with E-state index in [2.05, 4.69) is 12.1 Å². The average molecular weight is 462 g/mol. The number of carbonyl (C=O) groups excluding carboxylic acids is 1. The molecule has 3 aromatic rings. The van der Waals surface area contributed by atoms with Gasteiger partial charge in [-0.2, -0.15) is 0 Å². The van der Waals surface area contributed by atoms with Crippen molar-refractivity contribution in [2.45, 2.75) is 49.8 Å². The number of nitrogens with zero attached hydrogens (tertiary/aromatic N) is 1. The van der Waals surface area contributed by atoms with Crippen LogP contribution in [0.3, 0.4) is 0 Å². The lowest BCUT2D eigenvalue weighted by atomic mass is 9.78. The van der Waals surface area contributed by atoms with Gasteiger partial charge < -0.3 is 9.47 Å². The molecule has 34 heavy (non-hydrogen) atoms. The van der Waals surface area contributed by atoms with E-state index in [1.807, 2.05) is 71.6 Å². The number of likely N-dealkylation sites (tertiary alicyclic amines) is 1. The van der Waals surface area contributed by atoms with Gasteiger partial charge in [-0.05, 0) is 41.7 Å². The minimum Gasteiger partial charge on any atom is -0.343 e. The summed E-state index contributed by atoms with van der Waals surface area (Å²) in [5.41, 5.74) is 3.97. The van der Waals surface area contributed by atoms with Gasteiger partial charge in [0.1, 0.15) is 18.2 Å². The van der Waals surface area contributed by atoms with Crippen LogP contribution in [-0.2, 0) is 19.8 Å². The molecule has 6 heteroatoms. The molecule has 0 spiro atoms. The van der Waals surface area contributed by atoms with Crippen LogP contribution in [0, 0.1) is 0 Å². The van der Waals surface area contributed by atoms with Crippen molar-refractivity contribution >= 4 is 5.78 Å². The third-order valence-electron chi connectivity index (χ3n) is 7.30. The molecule has 0 N–H and O–H groups in total. The van der Waals surface area contributed by atoms with Crippen LogP contribution >= 0.6 is 0 Å². The number of ketones is 1. The topological polar surface area (TPSA) is 38.8 Å². The number of hydrogen-bond acceptors (Lipinski definition) is 4. The Labute approximate surface area is 197 Å². The third-order valence-corrected chi connectivity index (χ3v) is 7.30. The molecule has 2 saturated heterocycles. The Bertz CT molecular complexity index is 1210. The normalized spacial score (nSPS) is 26.3. The highest BCUT2D eigenvalue weighted by Gasteiger charge is 2.63. The maximum absolute atomic E-state index is 14.0. The number of ether oxygens (including phenoxy) is 2. The van der Waals surface area contributed by atoms with E-state index in [4.69, 9.17) is 9.47 Å². The SMILES string of the molecule is CC1(C)O[C@H]2[C@@H](C(=O)C(F)F)N(C3(c4ccccc4)c4ccccc4-c4ccccc43)C[C@H]2O1. The van der Waals surface area contributed by atoms with Crippen LogP contribution in [0.2, 0.25) is 0 Å². The van der Waals surface area contributed by atoms with Gasteiger partial charge in [0.25, 0.3) is 6.43 Å². The van der Waals surface area contributed by atoms with Crippen molar-refractivity contribution in [3.05, 3.63) is 95.6 Å². The van der Waals surface area contributed by atoms with Crippen molar-refractivity contribution in [2.24, 2.45) is 0 Å². The van der Waals surface area contributed by atoms with Gasteiger partial charge in [-0.15, -0.1) is 0 Å². The zero-order valence-corrected chi connectivity index (χ0v) is 18.9. The summed E-state index contributed by atoms with van der Waals surface area (Å²) in [6.45, 7) is 3.80. The van der Waals surface area contributed by atoms with Crippen LogP contribution in [-0.4, -0.2) is 47.7 Å². The molecule has 3 atom stereocenters. The van der Waals surface area contributed by atoms with E-state index in [1.54, 1.807) is 13.8 Å². The van der Waals surface area contributed by atoms with Crippen LogP contribution in [0.4, 0.5) is 8.78 Å². The molecule has 0 aromatic heterocycles. The van der Waals surface area contributed by atoms with Crippen LogP contribution in [0.25, 0.3) is 11.1 Å². The van der Waals surface area contributed by atoms with Crippen molar-refractivity contribution in [3.63, 3.8) is 0 Å². The minimum absolute atomic E-state index is 0.286. The second-order valence-corrected chi connectivity index (χ2v) is 9.61. The van der Waals surface area contributed by atoms with Gasteiger partial charge in [-0.1, -0.05) is 78.9 Å². The number of fused-ring (bicyclic) bond motifs is 4. The van der Waals surface area contributed by atoms with Crippen molar-refractivity contribution < 1.29 is 23.0 Å². The van der Waals surface area contributed by atoms with Crippen molar-refractivity contribution in [3.8, 4) is 11.1 Å². The highest BCUT2D eigenvalue weighted by molar-refractivity contribution is 5.90. The quantitative estimate of drug-likeness (QED) is 0.548. The average Bonchev–Trinajstić information content (AvgIpc) is 3.43. The molecule has 4 nitrogen and oxygen atoms in total. The van der Waals surface area contributed by atoms with E-state index in [1.165, 1.54) is 0 Å². The lowest BCUT2D eigenvalue weighted by Crippen LogP contribution is -2.56. The molecule has 3 aromatic carbocycles. The Morgan fingerprint density at radius 1 is 0.882 bits per heavy atom. The van der Waals surface area contributed by atoms with Gasteiger partial charge in [0.15, 0.2) is 5.79 Å². The van der Waals surface area contributed by atoms with Gasteiger partial charge in [0.05, 0.1) is 5.54 Å². The van der Waals surface area contributed by atoms with Crippen molar-refractivity contribution in [1.82, 2.24) is 4.90 Å². The van der Waals surface area contributed by atoms with Crippen LogP contribution in [0.1, 0.15) is 30.5 Å². The van der Waals surface area contributed by atoms with Crippen LogP contribution in [0.15, 0.2) is 78.9 Å². The lowest BCUT2D eigenvalue weighted by molar-refractivity contribution is -0.170. The van der Waals surface area contributed by atoms with Crippen molar-refractivity contribution in [1.29, 1.82) is 0 Å². The van der Waals surface area contributed by atoms with E-state index >= 15 is 0 Å². The molecule has 0 radical (unpaired) electrons. The van der Waals surface area contributed by atoms with E-state index in [0.29, 0.717) is 0 Å². The zero-order valence-electron chi connectivity index (χ0n) is 18.9. The number of rotatable bonds is 4. The van der Waals surface area contributed by atoms with E-state index in [-0.39, 0.29) is 6.54 Å².